The molecule has 0 spiro atoms. The molecule has 1 N–H and O–H groups in total. The summed E-state index contributed by atoms with van der Waals surface area (Å²) in [5.41, 5.74) is -0.344. The maximum atomic E-state index is 9.34. The lowest BCUT2D eigenvalue weighted by atomic mass is 9.81. The van der Waals surface area contributed by atoms with Gasteiger partial charge in [-0.25, -0.2) is 0 Å². The molecule has 2 saturated carbocycles. The summed E-state index contributed by atoms with van der Waals surface area (Å²) in [5.74, 6) is 0.803. The van der Waals surface area contributed by atoms with E-state index in [4.69, 9.17) is 4.74 Å². The molecule has 0 aromatic rings. The van der Waals surface area contributed by atoms with Crippen LogP contribution in [0.25, 0.3) is 0 Å². The van der Waals surface area contributed by atoms with Crippen molar-refractivity contribution in [3.63, 3.8) is 0 Å². The largest absolute Gasteiger partial charge is 0.375 e. The Balaban J connectivity index is 1.88. The summed E-state index contributed by atoms with van der Waals surface area (Å²) in [6.45, 7) is 2.32. The van der Waals surface area contributed by atoms with Crippen molar-refractivity contribution in [1.29, 1.82) is 5.26 Å². The molecule has 0 amide bonds. The van der Waals surface area contributed by atoms with E-state index in [9.17, 15) is 5.26 Å². The first kappa shape index (κ1) is 13.8. The fourth-order valence-electron chi connectivity index (χ4n) is 3.50. The lowest BCUT2D eigenvalue weighted by Gasteiger charge is -2.38. The van der Waals surface area contributed by atoms with Crippen LogP contribution in [0.4, 0.5) is 0 Å². The van der Waals surface area contributed by atoms with E-state index in [1.165, 1.54) is 25.7 Å². The topological polar surface area (TPSA) is 45.0 Å². The van der Waals surface area contributed by atoms with Gasteiger partial charge in [0.1, 0.15) is 5.54 Å². The fraction of sp³-hybridized carbons (Fsp3) is 0.933. The molecule has 0 aliphatic heterocycles. The molecule has 2 aliphatic rings. The number of rotatable bonds is 3. The SMILES string of the molecule is CNC1(C#N)CCCC(OC2CCCC(C)C2)C1. The quantitative estimate of drug-likeness (QED) is 0.837. The molecule has 0 saturated heterocycles. The smallest absolute Gasteiger partial charge is 0.109 e. The van der Waals surface area contributed by atoms with Gasteiger partial charge < -0.3 is 10.1 Å². The molecule has 4 atom stereocenters. The van der Waals surface area contributed by atoms with Gasteiger partial charge >= 0.3 is 0 Å². The van der Waals surface area contributed by atoms with E-state index in [2.05, 4.69) is 18.3 Å². The summed E-state index contributed by atoms with van der Waals surface area (Å²) >= 11 is 0. The lowest BCUT2D eigenvalue weighted by molar-refractivity contribution is -0.0626. The molecule has 18 heavy (non-hydrogen) atoms. The highest BCUT2D eigenvalue weighted by Crippen LogP contribution is 2.33. The Labute approximate surface area is 111 Å². The summed E-state index contributed by atoms with van der Waals surface area (Å²) < 4.78 is 6.27. The first-order chi connectivity index (χ1) is 8.67. The molecule has 4 unspecified atom stereocenters. The Hall–Kier alpha value is -0.590. The first-order valence-electron chi connectivity index (χ1n) is 7.43. The molecule has 0 aromatic heterocycles. The Morgan fingerprint density at radius 2 is 2.00 bits per heavy atom. The van der Waals surface area contributed by atoms with Crippen LogP contribution in [0.2, 0.25) is 0 Å². The van der Waals surface area contributed by atoms with Gasteiger partial charge in [0.25, 0.3) is 0 Å². The van der Waals surface area contributed by atoms with Gasteiger partial charge in [-0.05, 0) is 45.1 Å². The van der Waals surface area contributed by atoms with Gasteiger partial charge in [0.15, 0.2) is 0 Å². The number of nitrogens with one attached hydrogen (secondary N) is 1. The van der Waals surface area contributed by atoms with Gasteiger partial charge in [0.2, 0.25) is 0 Å². The van der Waals surface area contributed by atoms with Gasteiger partial charge in [0, 0.05) is 6.42 Å². The van der Waals surface area contributed by atoms with E-state index in [-0.39, 0.29) is 11.6 Å². The predicted octanol–water partition coefficient (Wildman–Crippen LogP) is 3.01. The van der Waals surface area contributed by atoms with Crippen molar-refractivity contribution in [3.8, 4) is 6.07 Å². The fourth-order valence-corrected chi connectivity index (χ4v) is 3.50. The van der Waals surface area contributed by atoms with Crippen LogP contribution in [0.3, 0.4) is 0 Å². The third kappa shape index (κ3) is 3.24. The zero-order valence-electron chi connectivity index (χ0n) is 11.7. The monoisotopic (exact) mass is 250 g/mol. The van der Waals surface area contributed by atoms with E-state index in [0.717, 1.165) is 31.6 Å². The van der Waals surface area contributed by atoms with Crippen LogP contribution in [0.1, 0.15) is 58.3 Å². The zero-order valence-corrected chi connectivity index (χ0v) is 11.7. The Kier molecular flexibility index (Phi) is 4.64. The standard InChI is InChI=1S/C15H26N2O/c1-12-5-3-6-13(9-12)18-14-7-4-8-15(10-14,11-16)17-2/h12-14,17H,3-10H2,1-2H3. The number of ether oxygens (including phenoxy) is 1. The Bertz CT molecular complexity index is 312. The van der Waals surface area contributed by atoms with Crippen LogP contribution in [0.15, 0.2) is 0 Å². The van der Waals surface area contributed by atoms with Crippen LogP contribution >= 0.6 is 0 Å². The maximum Gasteiger partial charge on any atom is 0.109 e. The lowest BCUT2D eigenvalue weighted by Crippen LogP contribution is -2.48. The second-order valence-electron chi connectivity index (χ2n) is 6.19. The predicted molar refractivity (Wildman–Crippen MR) is 72.2 cm³/mol. The summed E-state index contributed by atoms with van der Waals surface area (Å²) in [6, 6.07) is 2.45. The molecular formula is C15H26N2O. The van der Waals surface area contributed by atoms with Crippen molar-refractivity contribution < 1.29 is 4.74 Å². The maximum absolute atomic E-state index is 9.34. The molecule has 2 aliphatic carbocycles. The minimum Gasteiger partial charge on any atom is -0.375 e. The molecule has 3 heteroatoms. The molecule has 2 fully saturated rings. The molecule has 102 valence electrons. The van der Waals surface area contributed by atoms with Crippen molar-refractivity contribution in [2.45, 2.75) is 76.0 Å². The van der Waals surface area contributed by atoms with Crippen molar-refractivity contribution in [2.75, 3.05) is 7.05 Å². The van der Waals surface area contributed by atoms with Crippen LogP contribution < -0.4 is 5.32 Å². The van der Waals surface area contributed by atoms with Crippen LogP contribution in [-0.2, 0) is 4.74 Å². The highest BCUT2D eigenvalue weighted by molar-refractivity contribution is 5.09. The molecule has 0 bridgehead atoms. The van der Waals surface area contributed by atoms with Gasteiger partial charge in [-0.2, -0.15) is 5.26 Å². The zero-order chi connectivity index (χ0) is 13.0. The molecule has 0 heterocycles. The number of hydrogen-bond donors (Lipinski definition) is 1. The van der Waals surface area contributed by atoms with Gasteiger partial charge in [0.05, 0.1) is 18.3 Å². The third-order valence-corrected chi connectivity index (χ3v) is 4.67. The van der Waals surface area contributed by atoms with Crippen molar-refractivity contribution in [1.82, 2.24) is 5.32 Å². The summed E-state index contributed by atoms with van der Waals surface area (Å²) in [7, 11) is 1.90. The molecule has 0 aromatic carbocycles. The summed E-state index contributed by atoms with van der Waals surface area (Å²) in [6.07, 6.45) is 9.81. The average Bonchev–Trinajstić information content (AvgIpc) is 2.39. The molecular weight excluding hydrogens is 224 g/mol. The second-order valence-corrected chi connectivity index (χ2v) is 6.19. The molecule has 2 rings (SSSR count). The minimum atomic E-state index is -0.344. The average molecular weight is 250 g/mol. The summed E-state index contributed by atoms with van der Waals surface area (Å²) in [4.78, 5) is 0. The van der Waals surface area contributed by atoms with Crippen molar-refractivity contribution in [2.24, 2.45) is 5.92 Å². The van der Waals surface area contributed by atoms with E-state index in [1.54, 1.807) is 0 Å². The second kappa shape index (κ2) is 6.04. The van der Waals surface area contributed by atoms with E-state index in [1.807, 2.05) is 7.05 Å². The van der Waals surface area contributed by atoms with Gasteiger partial charge in [-0.15, -0.1) is 0 Å². The Morgan fingerprint density at radius 3 is 2.67 bits per heavy atom. The van der Waals surface area contributed by atoms with Crippen molar-refractivity contribution >= 4 is 0 Å². The van der Waals surface area contributed by atoms with Gasteiger partial charge in [-0.1, -0.05) is 19.8 Å². The highest BCUT2D eigenvalue weighted by atomic mass is 16.5. The van der Waals surface area contributed by atoms with E-state index < -0.39 is 0 Å². The molecule has 3 nitrogen and oxygen atoms in total. The Morgan fingerprint density at radius 1 is 1.22 bits per heavy atom. The van der Waals surface area contributed by atoms with Crippen LogP contribution in [0.5, 0.6) is 0 Å². The van der Waals surface area contributed by atoms with Crippen LogP contribution in [0, 0.1) is 17.2 Å². The minimum absolute atomic E-state index is 0.279. The number of hydrogen-bond acceptors (Lipinski definition) is 3. The summed E-state index contributed by atoms with van der Waals surface area (Å²) in [5, 5.41) is 12.5. The normalized spacial score (nSPS) is 41.3. The van der Waals surface area contributed by atoms with Gasteiger partial charge in [-0.3, -0.25) is 0 Å². The van der Waals surface area contributed by atoms with Crippen molar-refractivity contribution in [3.05, 3.63) is 0 Å². The highest BCUT2D eigenvalue weighted by Gasteiger charge is 2.36. The van der Waals surface area contributed by atoms with E-state index in [0.29, 0.717) is 6.10 Å². The van der Waals surface area contributed by atoms with E-state index >= 15 is 0 Å². The third-order valence-electron chi connectivity index (χ3n) is 4.67. The number of nitriles is 1. The number of nitrogens with zero attached hydrogens (tertiary/aromatic N) is 1. The first-order valence-corrected chi connectivity index (χ1v) is 7.43. The molecule has 0 radical (unpaired) electrons. The van der Waals surface area contributed by atoms with Crippen LogP contribution in [-0.4, -0.2) is 24.8 Å².